The molecule has 8 heteroatoms. The molecule has 2 rings (SSSR count). The summed E-state index contributed by atoms with van der Waals surface area (Å²) in [6.07, 6.45) is 1.33. The maximum absolute atomic E-state index is 13.6. The van der Waals surface area contributed by atoms with Crippen LogP contribution < -0.4 is 4.74 Å². The minimum Gasteiger partial charge on any atom is -0.430 e. The monoisotopic (exact) mass is 344 g/mol. The predicted octanol–water partition coefficient (Wildman–Crippen LogP) is 4.13. The number of pyridine rings is 1. The van der Waals surface area contributed by atoms with E-state index in [9.17, 15) is 18.9 Å². The highest BCUT2D eigenvalue weighted by Gasteiger charge is 2.20. The standard InChI is InChI=1S/C12H7BrF2N2O3/c1-6-2-9(17(18)19)12(16-5-6)20-10-4-7(13)3-8(14)11(10)15/h2-5H,1H3. The number of aromatic nitrogens is 1. The zero-order valence-corrected chi connectivity index (χ0v) is 11.6. The average molecular weight is 345 g/mol. The first-order chi connectivity index (χ1) is 9.38. The van der Waals surface area contributed by atoms with Gasteiger partial charge in [0.2, 0.25) is 5.82 Å². The second-order valence-electron chi connectivity index (χ2n) is 3.90. The quantitative estimate of drug-likeness (QED) is 0.477. The molecule has 0 radical (unpaired) electrons. The molecule has 104 valence electrons. The van der Waals surface area contributed by atoms with Gasteiger partial charge in [-0.25, -0.2) is 9.37 Å². The number of nitrogens with zero attached hydrogens (tertiary/aromatic N) is 2. The van der Waals surface area contributed by atoms with E-state index in [1.807, 2.05) is 0 Å². The first-order valence-corrected chi connectivity index (χ1v) is 6.11. The van der Waals surface area contributed by atoms with Crippen molar-refractivity contribution in [2.75, 3.05) is 0 Å². The Kier molecular flexibility index (Phi) is 3.93. The Hall–Kier alpha value is -2.09. The van der Waals surface area contributed by atoms with Gasteiger partial charge in [-0.1, -0.05) is 15.9 Å². The molecule has 0 atom stereocenters. The number of rotatable bonds is 3. The zero-order chi connectivity index (χ0) is 14.9. The van der Waals surface area contributed by atoms with E-state index in [0.29, 0.717) is 5.56 Å². The summed E-state index contributed by atoms with van der Waals surface area (Å²) in [4.78, 5) is 13.9. The zero-order valence-electron chi connectivity index (χ0n) is 10.1. The Balaban J connectivity index is 2.48. The molecule has 0 N–H and O–H groups in total. The molecule has 0 aliphatic carbocycles. The third-order valence-electron chi connectivity index (χ3n) is 2.33. The maximum Gasteiger partial charge on any atom is 0.331 e. The lowest BCUT2D eigenvalue weighted by Gasteiger charge is -2.07. The van der Waals surface area contributed by atoms with Gasteiger partial charge in [-0.2, -0.15) is 4.39 Å². The van der Waals surface area contributed by atoms with Crippen LogP contribution in [0.25, 0.3) is 0 Å². The van der Waals surface area contributed by atoms with Crippen molar-refractivity contribution in [2.24, 2.45) is 0 Å². The fourth-order valence-electron chi connectivity index (χ4n) is 1.46. The molecule has 0 unspecified atom stereocenters. The smallest absolute Gasteiger partial charge is 0.331 e. The van der Waals surface area contributed by atoms with E-state index in [1.165, 1.54) is 12.3 Å². The summed E-state index contributed by atoms with van der Waals surface area (Å²) >= 11 is 2.98. The van der Waals surface area contributed by atoms with Crippen LogP contribution >= 0.6 is 15.9 Å². The predicted molar refractivity (Wildman–Crippen MR) is 69.8 cm³/mol. The van der Waals surface area contributed by atoms with Crippen LogP contribution in [0.15, 0.2) is 28.9 Å². The van der Waals surface area contributed by atoms with Gasteiger partial charge in [-0.15, -0.1) is 0 Å². The minimum atomic E-state index is -1.25. The van der Waals surface area contributed by atoms with Crippen molar-refractivity contribution in [3.8, 4) is 11.6 Å². The van der Waals surface area contributed by atoms with E-state index < -0.39 is 33.9 Å². The molecule has 5 nitrogen and oxygen atoms in total. The van der Waals surface area contributed by atoms with Crippen LogP contribution in [0.5, 0.6) is 11.6 Å². The molecular formula is C12H7BrF2N2O3. The number of hydrogen-bond acceptors (Lipinski definition) is 4. The molecule has 2 aromatic rings. The topological polar surface area (TPSA) is 65.3 Å². The third kappa shape index (κ3) is 2.90. The number of ether oxygens (including phenoxy) is 1. The van der Waals surface area contributed by atoms with Gasteiger partial charge in [-0.05, 0) is 24.6 Å². The Morgan fingerprint density at radius 2 is 2.05 bits per heavy atom. The van der Waals surface area contributed by atoms with Crippen LogP contribution in [0.3, 0.4) is 0 Å². The van der Waals surface area contributed by atoms with E-state index in [2.05, 4.69) is 20.9 Å². The molecule has 1 aromatic heterocycles. The average Bonchev–Trinajstić information content (AvgIpc) is 2.37. The van der Waals surface area contributed by atoms with Gasteiger partial charge in [0.15, 0.2) is 11.6 Å². The van der Waals surface area contributed by atoms with Gasteiger partial charge < -0.3 is 4.74 Å². The molecule has 1 heterocycles. The van der Waals surface area contributed by atoms with Crippen LogP contribution in [0.1, 0.15) is 5.56 Å². The van der Waals surface area contributed by atoms with Crippen molar-refractivity contribution in [3.05, 3.63) is 56.2 Å². The van der Waals surface area contributed by atoms with Crippen LogP contribution in [-0.2, 0) is 0 Å². The van der Waals surface area contributed by atoms with E-state index in [4.69, 9.17) is 4.74 Å². The van der Waals surface area contributed by atoms with Gasteiger partial charge in [0.1, 0.15) is 0 Å². The highest BCUT2D eigenvalue weighted by Crippen LogP contribution is 2.33. The first kappa shape index (κ1) is 14.3. The molecule has 0 saturated carbocycles. The number of nitro groups is 1. The first-order valence-electron chi connectivity index (χ1n) is 5.32. The number of halogens is 3. The number of hydrogen-bond donors (Lipinski definition) is 0. The molecular weight excluding hydrogens is 338 g/mol. The van der Waals surface area contributed by atoms with E-state index in [0.717, 1.165) is 12.1 Å². The summed E-state index contributed by atoms with van der Waals surface area (Å²) in [7, 11) is 0. The normalized spacial score (nSPS) is 10.4. The third-order valence-corrected chi connectivity index (χ3v) is 2.79. The molecule has 0 aliphatic heterocycles. The summed E-state index contributed by atoms with van der Waals surface area (Å²) in [5.74, 6) is -3.28. The van der Waals surface area contributed by atoms with Crippen LogP contribution in [0, 0.1) is 28.7 Å². The minimum absolute atomic E-state index is 0.237. The second-order valence-corrected chi connectivity index (χ2v) is 4.81. The van der Waals surface area contributed by atoms with Gasteiger partial charge in [0.05, 0.1) is 4.92 Å². The number of aryl methyl sites for hydroxylation is 1. The largest absolute Gasteiger partial charge is 0.430 e. The summed E-state index contributed by atoms with van der Waals surface area (Å²) in [5.41, 5.74) is 0.120. The van der Waals surface area contributed by atoms with Crippen LogP contribution in [0.2, 0.25) is 0 Å². The molecule has 0 bridgehead atoms. The van der Waals surface area contributed by atoms with E-state index in [-0.39, 0.29) is 4.47 Å². The fourth-order valence-corrected chi connectivity index (χ4v) is 1.87. The summed E-state index contributed by atoms with van der Waals surface area (Å²) in [6, 6.07) is 3.30. The van der Waals surface area contributed by atoms with Gasteiger partial charge >= 0.3 is 5.69 Å². The Bertz CT molecular complexity index is 695. The second kappa shape index (κ2) is 5.49. The van der Waals surface area contributed by atoms with E-state index in [1.54, 1.807) is 6.92 Å². The van der Waals surface area contributed by atoms with Gasteiger partial charge in [0.25, 0.3) is 5.88 Å². The molecule has 20 heavy (non-hydrogen) atoms. The Morgan fingerprint density at radius 3 is 2.70 bits per heavy atom. The van der Waals surface area contributed by atoms with Crippen LogP contribution in [0.4, 0.5) is 14.5 Å². The lowest BCUT2D eigenvalue weighted by molar-refractivity contribution is -0.386. The SMILES string of the molecule is Cc1cnc(Oc2cc(Br)cc(F)c2F)c([N+](=O)[O-])c1. The fraction of sp³-hybridized carbons (Fsp3) is 0.0833. The molecule has 0 spiro atoms. The van der Waals surface area contributed by atoms with Crippen LogP contribution in [-0.4, -0.2) is 9.91 Å². The Labute approximate surface area is 120 Å². The van der Waals surface area contributed by atoms with E-state index >= 15 is 0 Å². The Morgan fingerprint density at radius 1 is 1.35 bits per heavy atom. The number of benzene rings is 1. The summed E-state index contributed by atoms with van der Waals surface area (Å²) in [6.45, 7) is 1.61. The van der Waals surface area contributed by atoms with Crippen molar-refractivity contribution in [2.45, 2.75) is 6.92 Å². The molecule has 0 aliphatic rings. The summed E-state index contributed by atoms with van der Waals surface area (Å²) in [5, 5.41) is 10.9. The molecule has 0 fully saturated rings. The van der Waals surface area contributed by atoms with Crippen molar-refractivity contribution < 1.29 is 18.4 Å². The van der Waals surface area contributed by atoms with Crippen molar-refractivity contribution in [1.82, 2.24) is 4.98 Å². The lowest BCUT2D eigenvalue weighted by Crippen LogP contribution is -1.99. The molecule has 0 saturated heterocycles. The van der Waals surface area contributed by atoms with Gasteiger partial charge in [-0.3, -0.25) is 10.1 Å². The highest BCUT2D eigenvalue weighted by molar-refractivity contribution is 9.10. The highest BCUT2D eigenvalue weighted by atomic mass is 79.9. The maximum atomic E-state index is 13.6. The van der Waals surface area contributed by atoms with Gasteiger partial charge in [0, 0.05) is 16.7 Å². The lowest BCUT2D eigenvalue weighted by atomic mass is 10.3. The molecule has 1 aromatic carbocycles. The summed E-state index contributed by atoms with van der Waals surface area (Å²) < 4.78 is 32.0. The van der Waals surface area contributed by atoms with Crippen molar-refractivity contribution in [3.63, 3.8) is 0 Å². The molecule has 0 amide bonds. The van der Waals surface area contributed by atoms with Crippen molar-refractivity contribution >= 4 is 21.6 Å². The van der Waals surface area contributed by atoms with Crippen molar-refractivity contribution in [1.29, 1.82) is 0 Å².